The van der Waals surface area contributed by atoms with Crippen molar-refractivity contribution >= 4 is 6.03 Å². The van der Waals surface area contributed by atoms with E-state index in [0.29, 0.717) is 13.1 Å². The Bertz CT molecular complexity index is 380. The van der Waals surface area contributed by atoms with Gasteiger partial charge < -0.3 is 15.7 Å². The van der Waals surface area contributed by atoms with Crippen molar-refractivity contribution in [2.75, 3.05) is 13.2 Å². The highest BCUT2D eigenvalue weighted by atomic mass is 16.3. The molecule has 1 heterocycles. The molecular formula is C14H23N3O2. The predicted molar refractivity (Wildman–Crippen MR) is 74.6 cm³/mol. The van der Waals surface area contributed by atoms with Crippen LogP contribution in [0.15, 0.2) is 24.5 Å². The van der Waals surface area contributed by atoms with Crippen molar-refractivity contribution in [3.05, 3.63) is 30.1 Å². The molecule has 0 aliphatic carbocycles. The minimum absolute atomic E-state index is 0.0742. The first kappa shape index (κ1) is 15.4. The van der Waals surface area contributed by atoms with Crippen LogP contribution in [0.3, 0.4) is 0 Å². The fourth-order valence-corrected chi connectivity index (χ4v) is 1.59. The SMILES string of the molecule is CC(C)(CO)CCCNC(=O)NCc1ccncc1. The van der Waals surface area contributed by atoms with Gasteiger partial charge in [-0.1, -0.05) is 13.8 Å². The zero-order chi connectivity index (χ0) is 14.1. The van der Waals surface area contributed by atoms with Crippen molar-refractivity contribution in [2.45, 2.75) is 33.2 Å². The van der Waals surface area contributed by atoms with Gasteiger partial charge in [-0.25, -0.2) is 4.79 Å². The molecule has 106 valence electrons. The van der Waals surface area contributed by atoms with Gasteiger partial charge in [0.1, 0.15) is 0 Å². The minimum Gasteiger partial charge on any atom is -0.396 e. The smallest absolute Gasteiger partial charge is 0.315 e. The average Bonchev–Trinajstić information content (AvgIpc) is 2.42. The first-order chi connectivity index (χ1) is 9.03. The molecule has 0 unspecified atom stereocenters. The number of aromatic nitrogens is 1. The Balaban J connectivity index is 2.12. The van der Waals surface area contributed by atoms with E-state index in [1.807, 2.05) is 26.0 Å². The summed E-state index contributed by atoms with van der Waals surface area (Å²) in [6.45, 7) is 5.30. The molecule has 1 aromatic heterocycles. The van der Waals surface area contributed by atoms with Crippen LogP contribution in [0.1, 0.15) is 32.3 Å². The van der Waals surface area contributed by atoms with Crippen molar-refractivity contribution in [1.29, 1.82) is 0 Å². The van der Waals surface area contributed by atoms with Crippen molar-refractivity contribution in [2.24, 2.45) is 5.41 Å². The van der Waals surface area contributed by atoms with Crippen LogP contribution in [-0.4, -0.2) is 29.3 Å². The maximum absolute atomic E-state index is 11.5. The molecule has 19 heavy (non-hydrogen) atoms. The van der Waals surface area contributed by atoms with E-state index < -0.39 is 0 Å². The molecule has 2 amide bonds. The summed E-state index contributed by atoms with van der Waals surface area (Å²) in [5.74, 6) is 0. The fraction of sp³-hybridized carbons (Fsp3) is 0.571. The number of amides is 2. The molecule has 5 heteroatoms. The molecule has 1 aromatic rings. The Hall–Kier alpha value is -1.62. The molecule has 0 aromatic carbocycles. The molecule has 0 bridgehead atoms. The zero-order valence-electron chi connectivity index (χ0n) is 11.6. The van der Waals surface area contributed by atoms with E-state index in [9.17, 15) is 4.79 Å². The van der Waals surface area contributed by atoms with Gasteiger partial charge >= 0.3 is 6.03 Å². The highest BCUT2D eigenvalue weighted by molar-refractivity contribution is 5.73. The highest BCUT2D eigenvalue weighted by Gasteiger charge is 2.15. The molecule has 0 saturated carbocycles. The van der Waals surface area contributed by atoms with Gasteiger partial charge in [0.25, 0.3) is 0 Å². The average molecular weight is 265 g/mol. The second-order valence-electron chi connectivity index (χ2n) is 5.39. The first-order valence-electron chi connectivity index (χ1n) is 6.55. The molecule has 3 N–H and O–H groups in total. The van der Waals surface area contributed by atoms with E-state index in [0.717, 1.165) is 18.4 Å². The largest absolute Gasteiger partial charge is 0.396 e. The maximum atomic E-state index is 11.5. The summed E-state index contributed by atoms with van der Waals surface area (Å²) in [6, 6.07) is 3.56. The third-order valence-electron chi connectivity index (χ3n) is 2.95. The number of hydrogen-bond acceptors (Lipinski definition) is 3. The van der Waals surface area contributed by atoms with Gasteiger partial charge in [-0.3, -0.25) is 4.98 Å². The minimum atomic E-state index is -0.168. The standard InChI is InChI=1S/C14H23N3O2/c1-14(2,11-18)6-3-7-16-13(19)17-10-12-4-8-15-9-5-12/h4-5,8-9,18H,3,6-7,10-11H2,1-2H3,(H2,16,17,19). The lowest BCUT2D eigenvalue weighted by atomic mass is 9.89. The zero-order valence-corrected chi connectivity index (χ0v) is 11.6. The lowest BCUT2D eigenvalue weighted by Gasteiger charge is -2.21. The quantitative estimate of drug-likeness (QED) is 0.657. The van der Waals surface area contributed by atoms with Gasteiger partial charge in [0, 0.05) is 32.1 Å². The number of carbonyl (C=O) groups is 1. The van der Waals surface area contributed by atoms with Crippen molar-refractivity contribution in [1.82, 2.24) is 15.6 Å². The summed E-state index contributed by atoms with van der Waals surface area (Å²) in [4.78, 5) is 15.4. The number of nitrogens with one attached hydrogen (secondary N) is 2. The van der Waals surface area contributed by atoms with Crippen LogP contribution in [0.2, 0.25) is 0 Å². The van der Waals surface area contributed by atoms with E-state index >= 15 is 0 Å². The Morgan fingerprint density at radius 2 is 2.00 bits per heavy atom. The molecule has 0 atom stereocenters. The van der Waals surface area contributed by atoms with E-state index in [1.54, 1.807) is 12.4 Å². The topological polar surface area (TPSA) is 74.2 Å². The molecule has 5 nitrogen and oxygen atoms in total. The first-order valence-corrected chi connectivity index (χ1v) is 6.55. The third kappa shape index (κ3) is 6.76. The number of aliphatic hydroxyl groups is 1. The van der Waals surface area contributed by atoms with E-state index in [2.05, 4.69) is 15.6 Å². The predicted octanol–water partition coefficient (Wildman–Crippen LogP) is 1.68. The van der Waals surface area contributed by atoms with Crippen molar-refractivity contribution in [3.63, 3.8) is 0 Å². The molecular weight excluding hydrogens is 242 g/mol. The number of pyridine rings is 1. The summed E-state index contributed by atoms with van der Waals surface area (Å²) < 4.78 is 0. The molecule has 0 aliphatic heterocycles. The number of carbonyl (C=O) groups excluding carboxylic acids is 1. The Morgan fingerprint density at radius 3 is 2.63 bits per heavy atom. The van der Waals surface area contributed by atoms with Crippen LogP contribution in [0.4, 0.5) is 4.79 Å². The van der Waals surface area contributed by atoms with Crippen LogP contribution in [-0.2, 0) is 6.54 Å². The number of nitrogens with zero attached hydrogens (tertiary/aromatic N) is 1. The van der Waals surface area contributed by atoms with Gasteiger partial charge in [0.15, 0.2) is 0 Å². The van der Waals surface area contributed by atoms with Crippen LogP contribution in [0, 0.1) is 5.41 Å². The molecule has 0 radical (unpaired) electrons. The number of aliphatic hydroxyl groups excluding tert-OH is 1. The Kier molecular flexibility index (Phi) is 6.29. The second kappa shape index (κ2) is 7.74. The van der Waals surface area contributed by atoms with Crippen LogP contribution < -0.4 is 10.6 Å². The molecule has 1 rings (SSSR count). The maximum Gasteiger partial charge on any atom is 0.315 e. The Morgan fingerprint density at radius 1 is 1.32 bits per heavy atom. The monoisotopic (exact) mass is 265 g/mol. The molecule has 0 aliphatic rings. The van der Waals surface area contributed by atoms with E-state index in [-0.39, 0.29) is 18.1 Å². The molecule has 0 fully saturated rings. The van der Waals surface area contributed by atoms with Crippen molar-refractivity contribution in [3.8, 4) is 0 Å². The lowest BCUT2D eigenvalue weighted by molar-refractivity contribution is 0.148. The second-order valence-corrected chi connectivity index (χ2v) is 5.39. The van der Waals surface area contributed by atoms with Gasteiger partial charge in [-0.05, 0) is 36.0 Å². The summed E-state index contributed by atoms with van der Waals surface area (Å²) in [7, 11) is 0. The Labute approximate surface area is 114 Å². The number of urea groups is 1. The fourth-order valence-electron chi connectivity index (χ4n) is 1.59. The summed E-state index contributed by atoms with van der Waals surface area (Å²) in [6.07, 6.45) is 5.14. The number of rotatable bonds is 7. The van der Waals surface area contributed by atoms with Gasteiger partial charge in [-0.2, -0.15) is 0 Å². The molecule has 0 spiro atoms. The summed E-state index contributed by atoms with van der Waals surface area (Å²) in [5, 5.41) is 14.7. The normalized spacial score (nSPS) is 11.1. The lowest BCUT2D eigenvalue weighted by Crippen LogP contribution is -2.36. The van der Waals surface area contributed by atoms with Crippen LogP contribution >= 0.6 is 0 Å². The van der Waals surface area contributed by atoms with Crippen LogP contribution in [0.25, 0.3) is 0 Å². The van der Waals surface area contributed by atoms with E-state index in [4.69, 9.17) is 5.11 Å². The van der Waals surface area contributed by atoms with Gasteiger partial charge in [0.2, 0.25) is 0 Å². The van der Waals surface area contributed by atoms with E-state index in [1.165, 1.54) is 0 Å². The third-order valence-corrected chi connectivity index (χ3v) is 2.95. The summed E-state index contributed by atoms with van der Waals surface area (Å²) in [5.41, 5.74) is 0.946. The highest BCUT2D eigenvalue weighted by Crippen LogP contribution is 2.20. The van der Waals surface area contributed by atoms with Gasteiger partial charge in [-0.15, -0.1) is 0 Å². The van der Waals surface area contributed by atoms with Gasteiger partial charge in [0.05, 0.1) is 0 Å². The van der Waals surface area contributed by atoms with Crippen molar-refractivity contribution < 1.29 is 9.90 Å². The summed E-state index contributed by atoms with van der Waals surface area (Å²) >= 11 is 0. The van der Waals surface area contributed by atoms with Crippen LogP contribution in [0.5, 0.6) is 0 Å². The number of hydrogen-bond donors (Lipinski definition) is 3. The molecule has 0 saturated heterocycles.